The summed E-state index contributed by atoms with van der Waals surface area (Å²) >= 11 is 6.09. The summed E-state index contributed by atoms with van der Waals surface area (Å²) in [4.78, 5) is 15.5. The molecule has 0 spiro atoms. The van der Waals surface area contributed by atoms with Gasteiger partial charge in [0.15, 0.2) is 16.5 Å². The minimum Gasteiger partial charge on any atom is -0.355 e. The molecule has 0 radical (unpaired) electrons. The standard InChI is InChI=1S/C17H20ClN7/c1-17(2)5-8-25(9-6-17)12-10-20-13-15(23-24-16(13)22-12)21-11-4-3-7-19-14(11)18/h3-4,7,10H,5-6,8-9H2,1-2H3,(H2,21,22,23,24). The maximum Gasteiger partial charge on any atom is 0.203 e. The Balaban J connectivity index is 1.58. The van der Waals surface area contributed by atoms with Gasteiger partial charge < -0.3 is 10.2 Å². The smallest absolute Gasteiger partial charge is 0.203 e. The molecule has 0 saturated carbocycles. The number of nitrogens with one attached hydrogen (secondary N) is 2. The Kier molecular flexibility index (Phi) is 3.95. The van der Waals surface area contributed by atoms with Gasteiger partial charge in [-0.05, 0) is 30.4 Å². The number of nitrogens with zero attached hydrogens (tertiary/aromatic N) is 5. The molecular formula is C17H20ClN7. The number of hydrogen-bond donors (Lipinski definition) is 2. The van der Waals surface area contributed by atoms with Crippen molar-refractivity contribution in [1.82, 2.24) is 25.1 Å². The fourth-order valence-electron chi connectivity index (χ4n) is 2.98. The number of halogens is 1. The third-order valence-corrected chi connectivity index (χ3v) is 5.01. The number of hydrogen-bond acceptors (Lipinski definition) is 6. The summed E-state index contributed by atoms with van der Waals surface area (Å²) < 4.78 is 0. The second-order valence-electron chi connectivity index (χ2n) is 7.12. The number of rotatable bonds is 3. The molecule has 0 bridgehead atoms. The first-order valence-corrected chi connectivity index (χ1v) is 8.73. The van der Waals surface area contributed by atoms with Crippen molar-refractivity contribution in [3.05, 3.63) is 29.7 Å². The van der Waals surface area contributed by atoms with Crippen LogP contribution in [-0.2, 0) is 0 Å². The minimum atomic E-state index is 0.394. The van der Waals surface area contributed by atoms with Crippen molar-refractivity contribution in [2.45, 2.75) is 26.7 Å². The van der Waals surface area contributed by atoms with E-state index >= 15 is 0 Å². The number of H-pyrrole nitrogens is 1. The highest BCUT2D eigenvalue weighted by atomic mass is 35.5. The van der Waals surface area contributed by atoms with Gasteiger partial charge in [0.2, 0.25) is 5.65 Å². The molecule has 4 heterocycles. The fraction of sp³-hybridized carbons (Fsp3) is 0.412. The predicted molar refractivity (Wildman–Crippen MR) is 99.4 cm³/mol. The Morgan fingerprint density at radius 2 is 2.04 bits per heavy atom. The van der Waals surface area contributed by atoms with E-state index in [1.54, 1.807) is 6.20 Å². The monoisotopic (exact) mass is 357 g/mol. The Morgan fingerprint density at radius 1 is 1.24 bits per heavy atom. The molecule has 0 amide bonds. The summed E-state index contributed by atoms with van der Waals surface area (Å²) in [5.41, 5.74) is 2.37. The van der Waals surface area contributed by atoms with E-state index in [1.807, 2.05) is 18.3 Å². The predicted octanol–water partition coefficient (Wildman–Crippen LogP) is 3.77. The minimum absolute atomic E-state index is 0.394. The molecular weight excluding hydrogens is 338 g/mol. The molecule has 8 heteroatoms. The van der Waals surface area contributed by atoms with Crippen LogP contribution in [-0.4, -0.2) is 38.2 Å². The van der Waals surface area contributed by atoms with Crippen molar-refractivity contribution in [2.75, 3.05) is 23.3 Å². The van der Waals surface area contributed by atoms with Crippen LogP contribution in [0.15, 0.2) is 24.5 Å². The van der Waals surface area contributed by atoms with Gasteiger partial charge in [0.1, 0.15) is 5.82 Å². The quantitative estimate of drug-likeness (QED) is 0.694. The van der Waals surface area contributed by atoms with Crippen LogP contribution in [0.3, 0.4) is 0 Å². The first-order chi connectivity index (χ1) is 12.0. The molecule has 4 rings (SSSR count). The average molecular weight is 358 g/mol. The van der Waals surface area contributed by atoms with Gasteiger partial charge in [0, 0.05) is 19.3 Å². The highest BCUT2D eigenvalue weighted by molar-refractivity contribution is 6.32. The number of fused-ring (bicyclic) bond motifs is 1. The number of piperidine rings is 1. The van der Waals surface area contributed by atoms with Gasteiger partial charge in [-0.25, -0.2) is 15.0 Å². The lowest BCUT2D eigenvalue weighted by Crippen LogP contribution is -2.37. The van der Waals surface area contributed by atoms with E-state index in [4.69, 9.17) is 11.6 Å². The Hall–Kier alpha value is -2.41. The summed E-state index contributed by atoms with van der Waals surface area (Å²) in [7, 11) is 0. The van der Waals surface area contributed by atoms with Crippen LogP contribution >= 0.6 is 11.6 Å². The SMILES string of the molecule is CC1(C)CCN(c2cnc3c(Nc4cccnc4Cl)[nH]nc3n2)CC1. The number of pyridine rings is 1. The van der Waals surface area contributed by atoms with Crippen LogP contribution in [0.5, 0.6) is 0 Å². The van der Waals surface area contributed by atoms with E-state index in [9.17, 15) is 0 Å². The van der Waals surface area contributed by atoms with E-state index in [0.717, 1.165) is 31.7 Å². The molecule has 1 fully saturated rings. The Labute approximate surface area is 150 Å². The highest BCUT2D eigenvalue weighted by Gasteiger charge is 2.26. The fourth-order valence-corrected chi connectivity index (χ4v) is 3.15. The van der Waals surface area contributed by atoms with Gasteiger partial charge in [0.25, 0.3) is 0 Å². The van der Waals surface area contributed by atoms with Crippen LogP contribution in [0.25, 0.3) is 11.2 Å². The van der Waals surface area contributed by atoms with Crippen LogP contribution < -0.4 is 10.2 Å². The van der Waals surface area contributed by atoms with Crippen molar-refractivity contribution >= 4 is 40.1 Å². The zero-order valence-electron chi connectivity index (χ0n) is 14.3. The summed E-state index contributed by atoms with van der Waals surface area (Å²) in [6.07, 6.45) is 5.76. The third kappa shape index (κ3) is 3.24. The summed E-state index contributed by atoms with van der Waals surface area (Å²) in [5.74, 6) is 1.53. The van der Waals surface area contributed by atoms with Crippen LogP contribution in [0.4, 0.5) is 17.3 Å². The van der Waals surface area contributed by atoms with Crippen molar-refractivity contribution in [3.63, 3.8) is 0 Å². The zero-order chi connectivity index (χ0) is 17.4. The molecule has 1 saturated heterocycles. The summed E-state index contributed by atoms with van der Waals surface area (Å²) in [6.45, 7) is 6.62. The average Bonchev–Trinajstić information content (AvgIpc) is 2.99. The molecule has 1 aliphatic rings. The van der Waals surface area contributed by atoms with Crippen molar-refractivity contribution < 1.29 is 0 Å². The largest absolute Gasteiger partial charge is 0.355 e. The van der Waals surface area contributed by atoms with E-state index in [-0.39, 0.29) is 0 Å². The molecule has 0 unspecified atom stereocenters. The van der Waals surface area contributed by atoms with Gasteiger partial charge >= 0.3 is 0 Å². The first kappa shape index (κ1) is 16.1. The molecule has 0 aliphatic carbocycles. The van der Waals surface area contributed by atoms with Gasteiger partial charge in [-0.15, -0.1) is 0 Å². The van der Waals surface area contributed by atoms with E-state index in [1.165, 1.54) is 0 Å². The van der Waals surface area contributed by atoms with Crippen molar-refractivity contribution in [1.29, 1.82) is 0 Å². The maximum absolute atomic E-state index is 6.09. The Bertz CT molecular complexity index is 895. The molecule has 130 valence electrons. The molecule has 7 nitrogen and oxygen atoms in total. The van der Waals surface area contributed by atoms with Crippen molar-refractivity contribution in [2.24, 2.45) is 5.41 Å². The van der Waals surface area contributed by atoms with Gasteiger partial charge in [-0.3, -0.25) is 5.10 Å². The number of aromatic nitrogens is 5. The second kappa shape index (κ2) is 6.15. The summed E-state index contributed by atoms with van der Waals surface area (Å²) in [6, 6.07) is 3.66. The molecule has 3 aromatic heterocycles. The third-order valence-electron chi connectivity index (χ3n) is 4.71. The topological polar surface area (TPSA) is 82.6 Å². The van der Waals surface area contributed by atoms with Crippen LogP contribution in [0.2, 0.25) is 5.15 Å². The van der Waals surface area contributed by atoms with Crippen molar-refractivity contribution in [3.8, 4) is 0 Å². The molecule has 25 heavy (non-hydrogen) atoms. The van der Waals surface area contributed by atoms with Crippen LogP contribution in [0, 0.1) is 5.41 Å². The normalized spacial score (nSPS) is 17.0. The lowest BCUT2D eigenvalue weighted by molar-refractivity contribution is 0.279. The zero-order valence-corrected chi connectivity index (χ0v) is 15.0. The summed E-state index contributed by atoms with van der Waals surface area (Å²) in [5, 5.41) is 10.8. The molecule has 2 N–H and O–H groups in total. The molecule has 0 atom stereocenters. The first-order valence-electron chi connectivity index (χ1n) is 8.35. The molecule has 1 aliphatic heterocycles. The van der Waals surface area contributed by atoms with Gasteiger partial charge in [-0.1, -0.05) is 25.4 Å². The number of anilines is 3. The van der Waals surface area contributed by atoms with E-state index in [2.05, 4.69) is 49.2 Å². The maximum atomic E-state index is 6.09. The second-order valence-corrected chi connectivity index (χ2v) is 7.48. The lowest BCUT2D eigenvalue weighted by atomic mass is 9.83. The highest BCUT2D eigenvalue weighted by Crippen LogP contribution is 2.32. The lowest BCUT2D eigenvalue weighted by Gasteiger charge is -2.37. The Morgan fingerprint density at radius 3 is 2.80 bits per heavy atom. The van der Waals surface area contributed by atoms with E-state index in [0.29, 0.717) is 33.2 Å². The van der Waals surface area contributed by atoms with Crippen LogP contribution in [0.1, 0.15) is 26.7 Å². The van der Waals surface area contributed by atoms with Gasteiger partial charge in [0.05, 0.1) is 11.9 Å². The number of aromatic amines is 1. The van der Waals surface area contributed by atoms with Gasteiger partial charge in [-0.2, -0.15) is 5.10 Å². The van der Waals surface area contributed by atoms with E-state index < -0.39 is 0 Å². The molecule has 0 aromatic carbocycles. The molecule has 3 aromatic rings.